The van der Waals surface area contributed by atoms with Crippen molar-refractivity contribution in [3.8, 4) is 5.69 Å². The molecule has 1 unspecified atom stereocenters. The number of rotatable bonds is 4. The third-order valence-corrected chi connectivity index (χ3v) is 4.68. The highest BCUT2D eigenvalue weighted by molar-refractivity contribution is 6.31. The number of fused-ring (bicyclic) bond motifs is 1. The van der Waals surface area contributed by atoms with Crippen LogP contribution in [0.15, 0.2) is 47.3 Å². The van der Waals surface area contributed by atoms with Crippen molar-refractivity contribution in [1.29, 1.82) is 0 Å². The molecule has 2 aromatic carbocycles. The summed E-state index contributed by atoms with van der Waals surface area (Å²) in [4.78, 5) is 15.1. The molecule has 0 aliphatic rings. The maximum absolute atomic E-state index is 14.0. The second-order valence-electron chi connectivity index (χ2n) is 6.46. The number of tetrazole rings is 1. The van der Waals surface area contributed by atoms with E-state index in [4.69, 9.17) is 11.6 Å². The predicted molar refractivity (Wildman–Crippen MR) is 105 cm³/mol. The first-order valence-electron chi connectivity index (χ1n) is 8.56. The number of halogens is 2. The fourth-order valence-electron chi connectivity index (χ4n) is 3.11. The summed E-state index contributed by atoms with van der Waals surface area (Å²) < 4.78 is 15.6. The highest BCUT2D eigenvalue weighted by Gasteiger charge is 2.14. The second kappa shape index (κ2) is 7.05. The number of hydrogen-bond acceptors (Lipinski definition) is 5. The smallest absolute Gasteiger partial charge is 0.253 e. The normalized spacial score (nSPS) is 12.3. The molecule has 142 valence electrons. The summed E-state index contributed by atoms with van der Waals surface area (Å²) in [6.07, 6.45) is 0. The Balaban J connectivity index is 1.67. The van der Waals surface area contributed by atoms with Crippen molar-refractivity contribution in [3.63, 3.8) is 0 Å². The summed E-state index contributed by atoms with van der Waals surface area (Å²) in [5.41, 5.74) is 1.83. The summed E-state index contributed by atoms with van der Waals surface area (Å²) >= 11 is 5.94. The summed E-state index contributed by atoms with van der Waals surface area (Å²) in [6, 6.07) is 11.6. The van der Waals surface area contributed by atoms with Crippen LogP contribution < -0.4 is 10.9 Å². The molecular formula is C19H16ClFN6O. The third kappa shape index (κ3) is 3.34. The van der Waals surface area contributed by atoms with E-state index < -0.39 is 5.82 Å². The number of nitrogens with zero attached hydrogens (tertiary/aromatic N) is 4. The van der Waals surface area contributed by atoms with Crippen LogP contribution in [0.3, 0.4) is 0 Å². The van der Waals surface area contributed by atoms with Gasteiger partial charge in [0.25, 0.3) is 5.56 Å². The minimum absolute atomic E-state index is 0.140. The van der Waals surface area contributed by atoms with Crippen molar-refractivity contribution < 1.29 is 4.39 Å². The Morgan fingerprint density at radius 2 is 2.07 bits per heavy atom. The number of aromatic amines is 1. The lowest BCUT2D eigenvalue weighted by molar-refractivity contribution is 0.636. The molecule has 4 aromatic rings. The Kier molecular flexibility index (Phi) is 4.56. The molecule has 2 N–H and O–H groups in total. The molecule has 0 bridgehead atoms. The van der Waals surface area contributed by atoms with Crippen LogP contribution in [0.1, 0.15) is 24.4 Å². The molecule has 9 heteroatoms. The maximum atomic E-state index is 14.0. The van der Waals surface area contributed by atoms with Gasteiger partial charge in [-0.25, -0.2) is 4.39 Å². The average Bonchev–Trinajstić information content (AvgIpc) is 3.08. The Morgan fingerprint density at radius 1 is 1.25 bits per heavy atom. The molecule has 0 aliphatic carbocycles. The minimum atomic E-state index is -0.559. The first-order valence-corrected chi connectivity index (χ1v) is 8.94. The van der Waals surface area contributed by atoms with E-state index in [9.17, 15) is 9.18 Å². The van der Waals surface area contributed by atoms with Crippen LogP contribution in [0.4, 0.5) is 10.1 Å². The number of aromatic nitrogens is 5. The van der Waals surface area contributed by atoms with Crippen molar-refractivity contribution in [2.75, 3.05) is 5.32 Å². The number of pyridine rings is 1. The van der Waals surface area contributed by atoms with Crippen LogP contribution in [0.25, 0.3) is 16.6 Å². The van der Waals surface area contributed by atoms with Crippen molar-refractivity contribution in [2.24, 2.45) is 0 Å². The predicted octanol–water partition coefficient (Wildman–Crippen LogP) is 3.78. The molecule has 28 heavy (non-hydrogen) atoms. The third-order valence-electron chi connectivity index (χ3n) is 4.46. The van der Waals surface area contributed by atoms with Crippen molar-refractivity contribution in [3.05, 3.63) is 75.0 Å². The summed E-state index contributed by atoms with van der Waals surface area (Å²) in [6.45, 7) is 3.66. The van der Waals surface area contributed by atoms with Gasteiger partial charge in [-0.15, -0.1) is 5.10 Å². The van der Waals surface area contributed by atoms with Gasteiger partial charge in [-0.05, 0) is 60.7 Å². The molecule has 4 rings (SSSR count). The topological polar surface area (TPSA) is 88.5 Å². The van der Waals surface area contributed by atoms with Crippen molar-refractivity contribution in [1.82, 2.24) is 25.2 Å². The lowest BCUT2D eigenvalue weighted by atomic mass is 10.1. The maximum Gasteiger partial charge on any atom is 0.253 e. The fourth-order valence-corrected chi connectivity index (χ4v) is 3.32. The molecule has 0 radical (unpaired) electrons. The number of benzene rings is 2. The molecule has 1 atom stereocenters. The van der Waals surface area contributed by atoms with Gasteiger partial charge >= 0.3 is 0 Å². The highest BCUT2D eigenvalue weighted by atomic mass is 35.5. The van der Waals surface area contributed by atoms with Crippen molar-refractivity contribution in [2.45, 2.75) is 19.9 Å². The van der Waals surface area contributed by atoms with E-state index in [-0.39, 0.29) is 22.1 Å². The molecular weight excluding hydrogens is 383 g/mol. The second-order valence-corrected chi connectivity index (χ2v) is 6.90. The van der Waals surface area contributed by atoms with Gasteiger partial charge in [-0.1, -0.05) is 17.7 Å². The Bertz CT molecular complexity index is 1230. The molecule has 0 amide bonds. The molecule has 0 spiro atoms. The number of nitrogens with one attached hydrogen (secondary N) is 2. The summed E-state index contributed by atoms with van der Waals surface area (Å²) in [7, 11) is 0. The number of anilines is 1. The number of hydrogen-bond donors (Lipinski definition) is 2. The van der Waals surface area contributed by atoms with E-state index in [1.807, 2.05) is 38.1 Å². The molecule has 2 aromatic heterocycles. The van der Waals surface area contributed by atoms with Gasteiger partial charge in [0, 0.05) is 21.7 Å². The lowest BCUT2D eigenvalue weighted by Crippen LogP contribution is -2.19. The first-order chi connectivity index (χ1) is 13.4. The van der Waals surface area contributed by atoms with Gasteiger partial charge in [0.1, 0.15) is 5.82 Å². The standard InChI is InChI=1S/C19H16ClFN6O/c1-10(16-7-12-6-13(20)8-17(21)18(12)23-19(16)28)22-14-4-3-5-15(9-14)27-11(2)24-25-26-27/h3-10,22H,1-2H3,(H,23,28). The van der Waals surface area contributed by atoms with E-state index >= 15 is 0 Å². The monoisotopic (exact) mass is 398 g/mol. The number of aryl methyl sites for hydroxylation is 1. The van der Waals surface area contributed by atoms with Crippen LogP contribution >= 0.6 is 11.6 Å². The average molecular weight is 399 g/mol. The van der Waals surface area contributed by atoms with E-state index in [1.54, 1.807) is 16.8 Å². The largest absolute Gasteiger partial charge is 0.378 e. The van der Waals surface area contributed by atoms with Gasteiger partial charge in [0.2, 0.25) is 0 Å². The van der Waals surface area contributed by atoms with Crippen molar-refractivity contribution >= 4 is 28.2 Å². The van der Waals surface area contributed by atoms with Gasteiger partial charge in [0.05, 0.1) is 17.2 Å². The van der Waals surface area contributed by atoms with Crippen LogP contribution in [0, 0.1) is 12.7 Å². The fraction of sp³-hybridized carbons (Fsp3) is 0.158. The first kappa shape index (κ1) is 18.1. The molecule has 7 nitrogen and oxygen atoms in total. The van der Waals surface area contributed by atoms with Crippen LogP contribution in [0.5, 0.6) is 0 Å². The quantitative estimate of drug-likeness (QED) is 0.546. The number of H-pyrrole nitrogens is 1. The lowest BCUT2D eigenvalue weighted by Gasteiger charge is -2.16. The van der Waals surface area contributed by atoms with Crippen LogP contribution in [0.2, 0.25) is 5.02 Å². The van der Waals surface area contributed by atoms with Gasteiger partial charge in [-0.3, -0.25) is 4.79 Å². The van der Waals surface area contributed by atoms with E-state index in [0.29, 0.717) is 16.8 Å². The van der Waals surface area contributed by atoms with Crippen LogP contribution in [-0.4, -0.2) is 25.2 Å². The Hall–Kier alpha value is -3.26. The molecule has 0 aliphatic heterocycles. The molecule has 2 heterocycles. The molecule has 0 saturated heterocycles. The summed E-state index contributed by atoms with van der Waals surface area (Å²) in [5.74, 6) is 0.103. The Labute approximate surface area is 164 Å². The zero-order chi connectivity index (χ0) is 19.8. The van der Waals surface area contributed by atoms with Gasteiger partial charge in [0.15, 0.2) is 5.82 Å². The highest BCUT2D eigenvalue weighted by Crippen LogP contribution is 2.24. The minimum Gasteiger partial charge on any atom is -0.378 e. The SMILES string of the molecule is Cc1nnnn1-c1cccc(NC(C)c2cc3cc(Cl)cc(F)c3[nH]c2=O)c1. The van der Waals surface area contributed by atoms with E-state index in [1.165, 1.54) is 6.07 Å². The zero-order valence-electron chi connectivity index (χ0n) is 15.1. The summed E-state index contributed by atoms with van der Waals surface area (Å²) in [5, 5.41) is 15.6. The van der Waals surface area contributed by atoms with E-state index in [0.717, 1.165) is 11.4 Å². The van der Waals surface area contributed by atoms with Gasteiger partial charge < -0.3 is 10.3 Å². The van der Waals surface area contributed by atoms with Crippen LogP contribution in [-0.2, 0) is 0 Å². The Morgan fingerprint density at radius 3 is 2.82 bits per heavy atom. The zero-order valence-corrected chi connectivity index (χ0v) is 15.8. The van der Waals surface area contributed by atoms with Gasteiger partial charge in [-0.2, -0.15) is 4.68 Å². The molecule has 0 fully saturated rings. The van der Waals surface area contributed by atoms with E-state index in [2.05, 4.69) is 25.8 Å². The molecule has 0 saturated carbocycles.